The van der Waals surface area contributed by atoms with E-state index in [9.17, 15) is 9.90 Å². The predicted molar refractivity (Wildman–Crippen MR) is 135 cm³/mol. The van der Waals surface area contributed by atoms with Crippen LogP contribution in [-0.2, 0) is 11.3 Å². The predicted octanol–water partition coefficient (Wildman–Crippen LogP) is 6.59. The smallest absolute Gasteiger partial charge is 0.290 e. The first kappa shape index (κ1) is 23.0. The molecule has 1 amide bonds. The molecule has 3 aromatic rings. The van der Waals surface area contributed by atoms with Crippen molar-refractivity contribution in [2.75, 3.05) is 13.4 Å². The molecule has 0 saturated carbocycles. The zero-order valence-electron chi connectivity index (χ0n) is 19.4. The van der Waals surface area contributed by atoms with E-state index in [0.29, 0.717) is 18.0 Å². The summed E-state index contributed by atoms with van der Waals surface area (Å²) in [6, 6.07) is 23.7. The SMILES string of the molecule is COc1ccc(C2=C(O)C(=O)N(Cc3ccc(SC)cc3)C2c2ccc(C(C)C)cc2)cc1. The number of benzene rings is 3. The van der Waals surface area contributed by atoms with Gasteiger partial charge in [0.05, 0.1) is 13.2 Å². The van der Waals surface area contributed by atoms with E-state index < -0.39 is 0 Å². The van der Waals surface area contributed by atoms with Gasteiger partial charge in [-0.2, -0.15) is 0 Å². The summed E-state index contributed by atoms with van der Waals surface area (Å²) in [5.74, 6) is 0.596. The van der Waals surface area contributed by atoms with Crippen LogP contribution in [0.3, 0.4) is 0 Å². The second-order valence-corrected chi connectivity index (χ2v) is 9.38. The lowest BCUT2D eigenvalue weighted by Gasteiger charge is -2.28. The lowest BCUT2D eigenvalue weighted by Crippen LogP contribution is -2.29. The summed E-state index contributed by atoms with van der Waals surface area (Å²) < 4.78 is 5.29. The van der Waals surface area contributed by atoms with E-state index >= 15 is 0 Å². The van der Waals surface area contributed by atoms with Crippen molar-refractivity contribution in [2.24, 2.45) is 0 Å². The largest absolute Gasteiger partial charge is 0.503 e. The number of thioether (sulfide) groups is 1. The van der Waals surface area contributed by atoms with Crippen molar-refractivity contribution in [3.8, 4) is 5.75 Å². The van der Waals surface area contributed by atoms with E-state index in [2.05, 4.69) is 50.2 Å². The Labute approximate surface area is 199 Å². The molecule has 1 heterocycles. The highest BCUT2D eigenvalue weighted by atomic mass is 32.2. The second-order valence-electron chi connectivity index (χ2n) is 8.50. The number of nitrogens with zero attached hydrogens (tertiary/aromatic N) is 1. The van der Waals surface area contributed by atoms with Gasteiger partial charge in [-0.25, -0.2) is 0 Å². The molecule has 1 aliphatic heterocycles. The van der Waals surface area contributed by atoms with Gasteiger partial charge >= 0.3 is 0 Å². The number of hydrogen-bond donors (Lipinski definition) is 1. The summed E-state index contributed by atoms with van der Waals surface area (Å²) in [6.45, 7) is 4.73. The molecule has 1 aliphatic rings. The molecule has 0 spiro atoms. The molecule has 0 saturated heterocycles. The van der Waals surface area contributed by atoms with Gasteiger partial charge in [0.25, 0.3) is 5.91 Å². The molecule has 0 bridgehead atoms. The molecule has 5 heteroatoms. The molecule has 0 radical (unpaired) electrons. The standard InChI is InChI=1S/C28H29NO3S/c1-18(2)20-7-9-22(10-8-20)26-25(21-11-13-23(32-3)14-12-21)27(30)28(31)29(26)17-19-5-15-24(33-4)16-6-19/h5-16,18,26,30H,17H2,1-4H3. The molecule has 4 rings (SSSR count). The van der Waals surface area contributed by atoms with Gasteiger partial charge in [-0.1, -0.05) is 62.4 Å². The van der Waals surface area contributed by atoms with E-state index in [-0.39, 0.29) is 17.7 Å². The Morgan fingerprint density at radius 2 is 1.61 bits per heavy atom. The van der Waals surface area contributed by atoms with Crippen LogP contribution in [0.5, 0.6) is 5.75 Å². The highest BCUT2D eigenvalue weighted by Crippen LogP contribution is 2.44. The molecule has 33 heavy (non-hydrogen) atoms. The molecule has 1 atom stereocenters. The van der Waals surface area contributed by atoms with Crippen LogP contribution in [-0.4, -0.2) is 29.3 Å². The van der Waals surface area contributed by atoms with Gasteiger partial charge in [-0.15, -0.1) is 11.8 Å². The minimum atomic E-state index is -0.382. The van der Waals surface area contributed by atoms with E-state index in [1.807, 2.05) is 42.7 Å². The minimum Gasteiger partial charge on any atom is -0.503 e. The first-order valence-electron chi connectivity index (χ1n) is 11.0. The third kappa shape index (κ3) is 4.64. The van der Waals surface area contributed by atoms with Gasteiger partial charge in [-0.05, 0) is 58.7 Å². The second kappa shape index (κ2) is 9.75. The quantitative estimate of drug-likeness (QED) is 0.405. The number of aliphatic hydroxyl groups is 1. The maximum Gasteiger partial charge on any atom is 0.290 e. The van der Waals surface area contributed by atoms with Gasteiger partial charge in [0.2, 0.25) is 0 Å². The van der Waals surface area contributed by atoms with Gasteiger partial charge in [0, 0.05) is 17.0 Å². The fourth-order valence-electron chi connectivity index (χ4n) is 4.22. The van der Waals surface area contributed by atoms with E-state index in [1.54, 1.807) is 23.8 Å². The van der Waals surface area contributed by atoms with Crippen molar-refractivity contribution < 1.29 is 14.6 Å². The average molecular weight is 460 g/mol. The Balaban J connectivity index is 1.76. The lowest BCUT2D eigenvalue weighted by atomic mass is 9.91. The fraction of sp³-hybridized carbons (Fsp3) is 0.250. The van der Waals surface area contributed by atoms with Gasteiger partial charge in [0.1, 0.15) is 5.75 Å². The molecule has 4 nitrogen and oxygen atoms in total. The van der Waals surface area contributed by atoms with Crippen molar-refractivity contribution >= 4 is 23.2 Å². The lowest BCUT2D eigenvalue weighted by molar-refractivity contribution is -0.130. The summed E-state index contributed by atoms with van der Waals surface area (Å²) in [5, 5.41) is 11.0. The van der Waals surface area contributed by atoms with Crippen LogP contribution in [0.4, 0.5) is 0 Å². The van der Waals surface area contributed by atoms with Crippen molar-refractivity contribution in [3.05, 3.63) is 101 Å². The van der Waals surface area contributed by atoms with Crippen LogP contribution >= 0.6 is 11.8 Å². The molecule has 1 N–H and O–H groups in total. The van der Waals surface area contributed by atoms with Crippen molar-refractivity contribution in [2.45, 2.75) is 37.2 Å². The monoisotopic (exact) mass is 459 g/mol. The Bertz CT molecular complexity index is 1150. The molecule has 0 aromatic heterocycles. The average Bonchev–Trinajstić information content (AvgIpc) is 3.09. The number of methoxy groups -OCH3 is 1. The first-order valence-corrected chi connectivity index (χ1v) is 12.3. The maximum atomic E-state index is 13.3. The Morgan fingerprint density at radius 1 is 0.970 bits per heavy atom. The van der Waals surface area contributed by atoms with Crippen LogP contribution in [0.25, 0.3) is 5.57 Å². The third-order valence-electron chi connectivity index (χ3n) is 6.14. The van der Waals surface area contributed by atoms with Crippen molar-refractivity contribution in [1.29, 1.82) is 0 Å². The summed E-state index contributed by atoms with van der Waals surface area (Å²) in [7, 11) is 1.62. The highest BCUT2D eigenvalue weighted by molar-refractivity contribution is 7.98. The Hall–Kier alpha value is -3.18. The molecular formula is C28H29NO3S. The number of ether oxygens (including phenoxy) is 1. The van der Waals surface area contributed by atoms with Gasteiger partial charge in [0.15, 0.2) is 5.76 Å². The van der Waals surface area contributed by atoms with Crippen LogP contribution < -0.4 is 4.74 Å². The molecular weight excluding hydrogens is 430 g/mol. The summed E-state index contributed by atoms with van der Waals surface area (Å²) in [6.07, 6.45) is 2.04. The van der Waals surface area contributed by atoms with E-state index in [4.69, 9.17) is 4.74 Å². The maximum absolute atomic E-state index is 13.3. The number of carbonyl (C=O) groups is 1. The minimum absolute atomic E-state index is 0.196. The van der Waals surface area contributed by atoms with Gasteiger partial charge < -0.3 is 14.7 Å². The van der Waals surface area contributed by atoms with Crippen LogP contribution in [0.15, 0.2) is 83.5 Å². The van der Waals surface area contributed by atoms with Crippen molar-refractivity contribution in [3.63, 3.8) is 0 Å². The zero-order valence-corrected chi connectivity index (χ0v) is 20.2. The van der Waals surface area contributed by atoms with E-state index in [1.165, 1.54) is 10.5 Å². The normalized spacial score (nSPS) is 16.1. The van der Waals surface area contributed by atoms with Crippen LogP contribution in [0.1, 0.15) is 48.1 Å². The van der Waals surface area contributed by atoms with Crippen LogP contribution in [0.2, 0.25) is 0 Å². The van der Waals surface area contributed by atoms with Gasteiger partial charge in [-0.3, -0.25) is 4.79 Å². The molecule has 170 valence electrons. The number of amides is 1. The number of carbonyl (C=O) groups excluding carboxylic acids is 1. The first-order chi connectivity index (χ1) is 15.9. The summed E-state index contributed by atoms with van der Waals surface area (Å²) in [5.41, 5.74) is 4.67. The summed E-state index contributed by atoms with van der Waals surface area (Å²) >= 11 is 1.68. The summed E-state index contributed by atoms with van der Waals surface area (Å²) in [4.78, 5) is 16.2. The van der Waals surface area contributed by atoms with Crippen LogP contribution in [0, 0.1) is 0 Å². The molecule has 3 aromatic carbocycles. The topological polar surface area (TPSA) is 49.8 Å². The number of aliphatic hydroxyl groups excluding tert-OH is 1. The molecule has 0 aliphatic carbocycles. The Kier molecular flexibility index (Phi) is 6.80. The molecule has 1 unspecified atom stereocenters. The third-order valence-corrected chi connectivity index (χ3v) is 6.88. The van der Waals surface area contributed by atoms with Crippen molar-refractivity contribution in [1.82, 2.24) is 4.90 Å². The number of hydrogen-bond acceptors (Lipinski definition) is 4. The Morgan fingerprint density at radius 3 is 2.15 bits per heavy atom. The zero-order chi connectivity index (χ0) is 23.5. The fourth-order valence-corrected chi connectivity index (χ4v) is 4.63. The highest BCUT2D eigenvalue weighted by Gasteiger charge is 2.41. The van der Waals surface area contributed by atoms with E-state index in [0.717, 1.165) is 22.4 Å². The number of rotatable bonds is 7. The molecule has 0 fully saturated rings.